The van der Waals surface area contributed by atoms with Gasteiger partial charge in [0.2, 0.25) is 0 Å². The van der Waals surface area contributed by atoms with Crippen molar-refractivity contribution in [3.8, 4) is 0 Å². The maximum Gasteiger partial charge on any atom is 0.420 e. The summed E-state index contributed by atoms with van der Waals surface area (Å²) in [7, 11) is 0. The van der Waals surface area contributed by atoms with Crippen LogP contribution >= 0.6 is 0 Å². The van der Waals surface area contributed by atoms with Crippen molar-refractivity contribution in [1.82, 2.24) is 9.55 Å². The average Bonchev–Trinajstić information content (AvgIpc) is 2.54. The predicted octanol–water partition coefficient (Wildman–Crippen LogP) is 3.27. The molecule has 0 amide bonds. The highest BCUT2D eigenvalue weighted by atomic mass is 19.1. The van der Waals surface area contributed by atoms with Crippen LogP contribution in [-0.4, -0.2) is 21.2 Å². The number of carbonyl (C=O) groups excluding carboxylic acids is 1. The lowest BCUT2D eigenvalue weighted by molar-refractivity contribution is 0.0543. The number of hydrogen-bond acceptors (Lipinski definition) is 3. The Morgan fingerprint density at radius 2 is 2.11 bits per heavy atom. The lowest BCUT2D eigenvalue weighted by Gasteiger charge is -2.19. The van der Waals surface area contributed by atoms with Crippen LogP contribution in [0.2, 0.25) is 0 Å². The molecular weight excluding hydrogens is 235 g/mol. The van der Waals surface area contributed by atoms with Gasteiger partial charge in [0.15, 0.2) is 0 Å². The lowest BCUT2D eigenvalue weighted by atomic mass is 10.2. The van der Waals surface area contributed by atoms with E-state index >= 15 is 0 Å². The molecule has 5 heteroatoms. The van der Waals surface area contributed by atoms with Crippen molar-refractivity contribution < 1.29 is 13.9 Å². The third kappa shape index (κ3) is 2.34. The molecule has 0 saturated heterocycles. The van der Waals surface area contributed by atoms with Crippen molar-refractivity contribution in [2.75, 3.05) is 0 Å². The molecule has 0 spiro atoms. The number of hydrogen-bond donors (Lipinski definition) is 0. The zero-order valence-corrected chi connectivity index (χ0v) is 10.8. The highest BCUT2D eigenvalue weighted by Crippen LogP contribution is 2.21. The Bertz CT molecular complexity index is 611. The second-order valence-electron chi connectivity index (χ2n) is 5.19. The van der Waals surface area contributed by atoms with E-state index in [-0.39, 0.29) is 0 Å². The van der Waals surface area contributed by atoms with E-state index in [1.54, 1.807) is 33.9 Å². The Labute approximate surface area is 104 Å². The predicted molar refractivity (Wildman–Crippen MR) is 66.1 cm³/mol. The fraction of sp³-hybridized carbons (Fsp3) is 0.385. The van der Waals surface area contributed by atoms with Crippen molar-refractivity contribution in [3.63, 3.8) is 0 Å². The summed E-state index contributed by atoms with van der Waals surface area (Å²) in [6.45, 7) is 7.16. The van der Waals surface area contributed by atoms with Crippen LogP contribution in [0.5, 0.6) is 0 Å². The first-order chi connectivity index (χ1) is 8.28. The van der Waals surface area contributed by atoms with Gasteiger partial charge in [-0.1, -0.05) is 0 Å². The van der Waals surface area contributed by atoms with Gasteiger partial charge in [-0.15, -0.1) is 0 Å². The minimum Gasteiger partial charge on any atom is -0.443 e. The molecule has 0 fully saturated rings. The van der Waals surface area contributed by atoms with Crippen molar-refractivity contribution in [1.29, 1.82) is 0 Å². The second-order valence-corrected chi connectivity index (χ2v) is 5.19. The minimum absolute atomic E-state index is 0.406. The Morgan fingerprint density at radius 3 is 2.72 bits per heavy atom. The molecule has 0 atom stereocenters. The van der Waals surface area contributed by atoms with Crippen molar-refractivity contribution in [2.45, 2.75) is 33.3 Å². The van der Waals surface area contributed by atoms with Crippen LogP contribution in [0.15, 0.2) is 18.5 Å². The molecule has 0 aliphatic rings. The van der Waals surface area contributed by atoms with E-state index in [0.717, 1.165) is 11.8 Å². The largest absolute Gasteiger partial charge is 0.443 e. The van der Waals surface area contributed by atoms with Crippen LogP contribution in [0.1, 0.15) is 26.3 Å². The highest BCUT2D eigenvalue weighted by Gasteiger charge is 2.20. The Kier molecular flexibility index (Phi) is 2.84. The van der Waals surface area contributed by atoms with Gasteiger partial charge in [0, 0.05) is 11.6 Å². The Balaban J connectivity index is 2.49. The summed E-state index contributed by atoms with van der Waals surface area (Å²) in [6, 6.07) is 1.36. The quantitative estimate of drug-likeness (QED) is 0.720. The first-order valence-corrected chi connectivity index (χ1v) is 5.64. The summed E-state index contributed by atoms with van der Waals surface area (Å²) in [4.78, 5) is 15.9. The van der Waals surface area contributed by atoms with Gasteiger partial charge in [-0.3, -0.25) is 0 Å². The fourth-order valence-electron chi connectivity index (χ4n) is 1.69. The molecule has 0 radical (unpaired) electrons. The maximum atomic E-state index is 13.1. The number of halogens is 1. The molecule has 0 aliphatic heterocycles. The van der Waals surface area contributed by atoms with Gasteiger partial charge in [-0.2, -0.15) is 0 Å². The second kappa shape index (κ2) is 4.08. The number of rotatable bonds is 0. The molecule has 96 valence electrons. The third-order valence-electron chi connectivity index (χ3n) is 2.40. The zero-order valence-electron chi connectivity index (χ0n) is 10.8. The van der Waals surface area contributed by atoms with Crippen LogP contribution in [0.25, 0.3) is 11.0 Å². The van der Waals surface area contributed by atoms with E-state index in [1.807, 2.05) is 0 Å². The average molecular weight is 250 g/mol. The van der Waals surface area contributed by atoms with E-state index in [9.17, 15) is 9.18 Å². The van der Waals surface area contributed by atoms with E-state index in [1.165, 1.54) is 10.6 Å². The van der Waals surface area contributed by atoms with Crippen molar-refractivity contribution >= 4 is 17.1 Å². The molecule has 18 heavy (non-hydrogen) atoms. The van der Waals surface area contributed by atoms with Gasteiger partial charge in [0.25, 0.3) is 0 Å². The number of carbonyl (C=O) groups is 1. The number of nitrogens with zero attached hydrogens (tertiary/aromatic N) is 2. The lowest BCUT2D eigenvalue weighted by Crippen LogP contribution is -2.26. The van der Waals surface area contributed by atoms with Crippen LogP contribution in [0.4, 0.5) is 9.18 Å². The van der Waals surface area contributed by atoms with E-state index in [2.05, 4.69) is 4.98 Å². The molecule has 0 saturated carbocycles. The molecule has 0 unspecified atom stereocenters. The van der Waals surface area contributed by atoms with Crippen LogP contribution < -0.4 is 0 Å². The molecule has 2 aromatic rings. The summed E-state index contributed by atoms with van der Waals surface area (Å²) in [5.41, 5.74) is 0.604. The first-order valence-electron chi connectivity index (χ1n) is 5.64. The maximum absolute atomic E-state index is 13.1. The first kappa shape index (κ1) is 12.5. The van der Waals surface area contributed by atoms with Gasteiger partial charge in [0.05, 0.1) is 6.20 Å². The van der Waals surface area contributed by atoms with Gasteiger partial charge >= 0.3 is 6.09 Å². The summed E-state index contributed by atoms with van der Waals surface area (Å²) in [6.07, 6.45) is 2.17. The van der Waals surface area contributed by atoms with Gasteiger partial charge < -0.3 is 4.74 Å². The molecule has 0 N–H and O–H groups in total. The van der Waals surface area contributed by atoms with Gasteiger partial charge in [-0.25, -0.2) is 18.7 Å². The summed E-state index contributed by atoms with van der Waals surface area (Å²) in [5.74, 6) is -0.424. The zero-order chi connectivity index (χ0) is 13.5. The summed E-state index contributed by atoms with van der Waals surface area (Å²) < 4.78 is 19.7. The number of pyridine rings is 1. The third-order valence-corrected chi connectivity index (χ3v) is 2.40. The molecule has 0 bridgehead atoms. The molecule has 0 aromatic carbocycles. The molecule has 2 aromatic heterocycles. The van der Waals surface area contributed by atoms with Crippen molar-refractivity contribution in [2.24, 2.45) is 0 Å². The molecule has 0 aliphatic carbocycles. The minimum atomic E-state index is -0.582. The summed E-state index contributed by atoms with van der Waals surface area (Å²) in [5, 5.41) is 0.612. The van der Waals surface area contributed by atoms with E-state index < -0.39 is 17.5 Å². The Hall–Kier alpha value is -1.91. The normalized spacial score (nSPS) is 11.8. The Morgan fingerprint density at radius 1 is 1.44 bits per heavy atom. The number of aryl methyl sites for hydroxylation is 1. The standard InChI is InChI=1S/C13H15FN2O2/c1-8-7-16(12(17)18-13(2,3)4)11-10(8)5-9(14)6-15-11/h5-7H,1-4H3. The SMILES string of the molecule is Cc1cn(C(=O)OC(C)(C)C)c2ncc(F)cc12. The van der Waals surface area contributed by atoms with Gasteiger partial charge in [0.1, 0.15) is 17.1 Å². The molecule has 4 nitrogen and oxygen atoms in total. The summed E-state index contributed by atoms with van der Waals surface area (Å²) >= 11 is 0. The highest BCUT2D eigenvalue weighted by molar-refractivity contribution is 5.89. The van der Waals surface area contributed by atoms with E-state index in [4.69, 9.17) is 4.74 Å². The van der Waals surface area contributed by atoms with Crippen molar-refractivity contribution in [3.05, 3.63) is 29.8 Å². The van der Waals surface area contributed by atoms with Crippen LogP contribution in [0.3, 0.4) is 0 Å². The topological polar surface area (TPSA) is 44.1 Å². The van der Waals surface area contributed by atoms with Crippen LogP contribution in [-0.2, 0) is 4.74 Å². The fourth-order valence-corrected chi connectivity index (χ4v) is 1.69. The van der Waals surface area contributed by atoms with Gasteiger partial charge in [-0.05, 0) is 39.3 Å². The molecular formula is C13H15FN2O2. The number of fused-ring (bicyclic) bond motifs is 1. The smallest absolute Gasteiger partial charge is 0.420 e. The molecule has 2 rings (SSSR count). The monoisotopic (exact) mass is 250 g/mol. The number of ether oxygens (including phenoxy) is 1. The van der Waals surface area contributed by atoms with E-state index in [0.29, 0.717) is 11.0 Å². The number of aromatic nitrogens is 2. The van der Waals surface area contributed by atoms with Crippen LogP contribution in [0, 0.1) is 12.7 Å². The molecule has 2 heterocycles.